The van der Waals surface area contributed by atoms with E-state index in [0.29, 0.717) is 23.7 Å². The SMILES string of the molecule is CCCCCCCC[C@H]1CCC(=O)[C@@H]1CCCCCC(O)(C(=O)O)c1ccccc1. The lowest BCUT2D eigenvalue weighted by molar-refractivity contribution is -0.160. The summed E-state index contributed by atoms with van der Waals surface area (Å²) >= 11 is 0. The van der Waals surface area contributed by atoms with Crippen LogP contribution in [0, 0.1) is 11.8 Å². The van der Waals surface area contributed by atoms with Crippen LogP contribution in [0.5, 0.6) is 0 Å². The van der Waals surface area contributed by atoms with Gasteiger partial charge in [0, 0.05) is 12.3 Å². The molecule has 168 valence electrons. The first kappa shape index (κ1) is 24.6. The zero-order chi connectivity index (χ0) is 21.8. The van der Waals surface area contributed by atoms with Crippen LogP contribution in [-0.2, 0) is 15.2 Å². The summed E-state index contributed by atoms with van der Waals surface area (Å²) in [7, 11) is 0. The van der Waals surface area contributed by atoms with E-state index in [-0.39, 0.29) is 12.3 Å². The number of unbranched alkanes of at least 4 members (excludes halogenated alkanes) is 7. The van der Waals surface area contributed by atoms with E-state index < -0.39 is 11.6 Å². The minimum atomic E-state index is -1.83. The highest BCUT2D eigenvalue weighted by atomic mass is 16.4. The van der Waals surface area contributed by atoms with Gasteiger partial charge in [0.25, 0.3) is 0 Å². The van der Waals surface area contributed by atoms with E-state index in [1.807, 2.05) is 6.07 Å². The van der Waals surface area contributed by atoms with Crippen molar-refractivity contribution in [2.24, 2.45) is 11.8 Å². The van der Waals surface area contributed by atoms with Crippen LogP contribution in [0.3, 0.4) is 0 Å². The maximum Gasteiger partial charge on any atom is 0.340 e. The molecule has 0 radical (unpaired) electrons. The molecule has 1 aliphatic carbocycles. The van der Waals surface area contributed by atoms with Crippen LogP contribution in [0.25, 0.3) is 0 Å². The van der Waals surface area contributed by atoms with Crippen molar-refractivity contribution in [1.82, 2.24) is 0 Å². The Balaban J connectivity index is 1.71. The molecule has 1 aliphatic rings. The Hall–Kier alpha value is -1.68. The fourth-order valence-corrected chi connectivity index (χ4v) is 4.92. The molecule has 0 heterocycles. The molecule has 1 fully saturated rings. The highest BCUT2D eigenvalue weighted by Gasteiger charge is 2.37. The van der Waals surface area contributed by atoms with Gasteiger partial charge in [-0.15, -0.1) is 0 Å². The molecule has 0 spiro atoms. The highest BCUT2D eigenvalue weighted by molar-refractivity contribution is 5.83. The second-order valence-corrected chi connectivity index (χ2v) is 9.06. The summed E-state index contributed by atoms with van der Waals surface area (Å²) in [5.74, 6) is -0.0203. The van der Waals surface area contributed by atoms with Gasteiger partial charge in [-0.2, -0.15) is 0 Å². The average Bonchev–Trinajstić information content (AvgIpc) is 3.10. The molecule has 1 aromatic carbocycles. The number of carbonyl (C=O) groups excluding carboxylic acids is 1. The quantitative estimate of drug-likeness (QED) is 0.331. The van der Waals surface area contributed by atoms with Gasteiger partial charge in [-0.25, -0.2) is 4.79 Å². The van der Waals surface area contributed by atoms with Gasteiger partial charge in [0.15, 0.2) is 5.60 Å². The van der Waals surface area contributed by atoms with E-state index in [9.17, 15) is 19.8 Å². The molecule has 2 rings (SSSR count). The third kappa shape index (κ3) is 7.23. The number of rotatable bonds is 15. The van der Waals surface area contributed by atoms with Gasteiger partial charge in [0.05, 0.1) is 0 Å². The van der Waals surface area contributed by atoms with Gasteiger partial charge in [-0.05, 0) is 43.6 Å². The van der Waals surface area contributed by atoms with E-state index >= 15 is 0 Å². The maximum atomic E-state index is 12.3. The number of carboxylic acid groups (broad SMARTS) is 1. The van der Waals surface area contributed by atoms with Crippen LogP contribution >= 0.6 is 0 Å². The summed E-state index contributed by atoms with van der Waals surface area (Å²) in [6.45, 7) is 2.23. The molecule has 0 saturated heterocycles. The number of aliphatic hydroxyl groups is 1. The Morgan fingerprint density at radius 3 is 2.30 bits per heavy atom. The normalized spacial score (nSPS) is 20.9. The molecule has 4 nitrogen and oxygen atoms in total. The van der Waals surface area contributed by atoms with E-state index in [1.165, 1.54) is 44.9 Å². The minimum absolute atomic E-state index is 0.201. The smallest absolute Gasteiger partial charge is 0.340 e. The van der Waals surface area contributed by atoms with Gasteiger partial charge in [0.2, 0.25) is 0 Å². The van der Waals surface area contributed by atoms with E-state index in [4.69, 9.17) is 0 Å². The minimum Gasteiger partial charge on any atom is -0.479 e. The van der Waals surface area contributed by atoms with Crippen molar-refractivity contribution in [3.8, 4) is 0 Å². The van der Waals surface area contributed by atoms with E-state index in [1.54, 1.807) is 24.3 Å². The monoisotopic (exact) mass is 416 g/mol. The Morgan fingerprint density at radius 1 is 0.967 bits per heavy atom. The van der Waals surface area contributed by atoms with Gasteiger partial charge < -0.3 is 10.2 Å². The van der Waals surface area contributed by atoms with Gasteiger partial charge in [-0.3, -0.25) is 4.79 Å². The van der Waals surface area contributed by atoms with Gasteiger partial charge in [0.1, 0.15) is 5.78 Å². The number of carboxylic acids is 1. The van der Waals surface area contributed by atoms with Crippen LogP contribution < -0.4 is 0 Å². The predicted octanol–water partition coefficient (Wildman–Crippen LogP) is 6.26. The second kappa shape index (κ2) is 12.9. The maximum absolute atomic E-state index is 12.3. The average molecular weight is 417 g/mol. The topological polar surface area (TPSA) is 74.6 Å². The fourth-order valence-electron chi connectivity index (χ4n) is 4.92. The lowest BCUT2D eigenvalue weighted by Gasteiger charge is -2.24. The third-order valence-electron chi connectivity index (χ3n) is 6.83. The number of hydrogen-bond donors (Lipinski definition) is 2. The molecule has 1 aromatic rings. The van der Waals surface area contributed by atoms with Crippen LogP contribution in [0.2, 0.25) is 0 Å². The van der Waals surface area contributed by atoms with E-state index in [0.717, 1.165) is 32.1 Å². The molecular formula is C26H40O4. The van der Waals surface area contributed by atoms with Crippen molar-refractivity contribution in [3.05, 3.63) is 35.9 Å². The zero-order valence-electron chi connectivity index (χ0n) is 18.7. The summed E-state index contributed by atoms with van der Waals surface area (Å²) in [5, 5.41) is 20.2. The van der Waals surface area contributed by atoms with Crippen molar-refractivity contribution >= 4 is 11.8 Å². The van der Waals surface area contributed by atoms with Crippen molar-refractivity contribution < 1.29 is 19.8 Å². The zero-order valence-corrected chi connectivity index (χ0v) is 18.7. The van der Waals surface area contributed by atoms with Gasteiger partial charge >= 0.3 is 5.97 Å². The molecule has 1 saturated carbocycles. The van der Waals surface area contributed by atoms with Crippen LogP contribution in [0.4, 0.5) is 0 Å². The Kier molecular flexibility index (Phi) is 10.6. The predicted molar refractivity (Wildman–Crippen MR) is 120 cm³/mol. The third-order valence-corrected chi connectivity index (χ3v) is 6.83. The summed E-state index contributed by atoms with van der Waals surface area (Å²) in [5.41, 5.74) is -1.40. The van der Waals surface area contributed by atoms with Crippen LogP contribution in [-0.4, -0.2) is 22.0 Å². The lowest BCUT2D eigenvalue weighted by Crippen LogP contribution is -2.35. The highest BCUT2D eigenvalue weighted by Crippen LogP contribution is 2.36. The molecule has 0 bridgehead atoms. The van der Waals surface area contributed by atoms with Crippen molar-refractivity contribution in [3.63, 3.8) is 0 Å². The lowest BCUT2D eigenvalue weighted by atomic mass is 9.85. The molecule has 0 aromatic heterocycles. The number of carbonyl (C=O) groups is 2. The molecule has 0 amide bonds. The van der Waals surface area contributed by atoms with Crippen molar-refractivity contribution in [1.29, 1.82) is 0 Å². The first-order valence-corrected chi connectivity index (χ1v) is 12.0. The number of benzene rings is 1. The van der Waals surface area contributed by atoms with E-state index in [2.05, 4.69) is 6.92 Å². The Labute approximate surface area is 182 Å². The van der Waals surface area contributed by atoms with Gasteiger partial charge in [-0.1, -0.05) is 88.6 Å². The first-order valence-electron chi connectivity index (χ1n) is 12.0. The molecular weight excluding hydrogens is 376 g/mol. The number of Topliss-reactive ketones (excluding diaryl/α,β-unsaturated/α-hetero) is 1. The number of ketones is 1. The first-order chi connectivity index (χ1) is 14.5. The molecule has 0 aliphatic heterocycles. The van der Waals surface area contributed by atoms with Crippen LogP contribution in [0.15, 0.2) is 30.3 Å². The number of hydrogen-bond acceptors (Lipinski definition) is 3. The fraction of sp³-hybridized carbons (Fsp3) is 0.692. The summed E-state index contributed by atoms with van der Waals surface area (Å²) in [6.07, 6.45) is 14.2. The van der Waals surface area contributed by atoms with Crippen molar-refractivity contribution in [2.45, 2.75) is 102 Å². The van der Waals surface area contributed by atoms with Crippen LogP contribution in [0.1, 0.15) is 102 Å². The molecule has 2 N–H and O–H groups in total. The second-order valence-electron chi connectivity index (χ2n) is 9.06. The number of aliphatic carboxylic acids is 1. The van der Waals surface area contributed by atoms with Crippen molar-refractivity contribution in [2.75, 3.05) is 0 Å². The molecule has 30 heavy (non-hydrogen) atoms. The summed E-state index contributed by atoms with van der Waals surface area (Å²) < 4.78 is 0. The molecule has 3 atom stereocenters. The molecule has 4 heteroatoms. The Bertz CT molecular complexity index is 642. The summed E-state index contributed by atoms with van der Waals surface area (Å²) in [4.78, 5) is 24.0. The largest absolute Gasteiger partial charge is 0.479 e. The standard InChI is InChI=1S/C26H40O4/c1-2-3-4-5-6-9-14-21-18-19-24(27)23(21)17-12-8-13-20-26(30,25(28)29)22-15-10-7-11-16-22/h7,10-11,15-16,21,23,30H,2-6,8-9,12-14,17-20H2,1H3,(H,28,29)/t21-,23+,26?/m0/s1. The molecule has 1 unspecified atom stereocenters. The summed E-state index contributed by atoms with van der Waals surface area (Å²) in [6, 6.07) is 8.64. The Morgan fingerprint density at radius 2 is 1.60 bits per heavy atom.